The Morgan fingerprint density at radius 2 is 2.12 bits per heavy atom. The van der Waals surface area contributed by atoms with Crippen molar-refractivity contribution in [1.29, 1.82) is 0 Å². The fraction of sp³-hybridized carbons (Fsp3) is 0.722. The maximum atomic E-state index is 11.6. The molecule has 0 radical (unpaired) electrons. The molecule has 1 atom stereocenters. The first-order chi connectivity index (χ1) is 11.5. The van der Waals surface area contributed by atoms with E-state index < -0.39 is 0 Å². The van der Waals surface area contributed by atoms with Crippen molar-refractivity contribution in [2.45, 2.75) is 44.4 Å². The Labute approximate surface area is 143 Å². The van der Waals surface area contributed by atoms with Crippen LogP contribution in [0.4, 0.5) is 0 Å². The average Bonchev–Trinajstić information content (AvgIpc) is 3.14. The van der Waals surface area contributed by atoms with Gasteiger partial charge in [0, 0.05) is 33.6 Å². The largest absolute Gasteiger partial charge is 0.465 e. The van der Waals surface area contributed by atoms with Crippen LogP contribution in [0, 0.1) is 6.92 Å². The zero-order chi connectivity index (χ0) is 17.2. The van der Waals surface area contributed by atoms with Gasteiger partial charge >= 0.3 is 0 Å². The molecule has 0 aromatic carbocycles. The second kappa shape index (κ2) is 7.25. The molecule has 2 aliphatic heterocycles. The molecule has 0 bridgehead atoms. The van der Waals surface area contributed by atoms with Gasteiger partial charge in [0.25, 0.3) is 0 Å². The van der Waals surface area contributed by atoms with Crippen LogP contribution in [0.25, 0.3) is 0 Å². The number of hydrogen-bond acceptors (Lipinski definition) is 5. The molecule has 24 heavy (non-hydrogen) atoms. The maximum absolute atomic E-state index is 11.6. The molecule has 0 saturated carbocycles. The molecule has 2 saturated heterocycles. The van der Waals surface area contributed by atoms with Gasteiger partial charge in [-0.2, -0.15) is 0 Å². The molecule has 1 aromatic heterocycles. The first-order valence-electron chi connectivity index (χ1n) is 8.69. The predicted octanol–water partition coefficient (Wildman–Crippen LogP) is 1.82. The van der Waals surface area contributed by atoms with Crippen LogP contribution in [0.1, 0.15) is 30.8 Å². The standard InChI is InChI=1S/C18H28N2O4/c1-14-4-5-15(24-14)11-20-8-6-18(7-9-20)10-16(12-23-18)22-13-17(21)19(2)3/h4-5,16H,6-13H2,1-3H3/t16-/m0/s1. The van der Waals surface area contributed by atoms with Gasteiger partial charge in [-0.25, -0.2) is 0 Å². The van der Waals surface area contributed by atoms with E-state index in [1.807, 2.05) is 13.0 Å². The topological polar surface area (TPSA) is 55.2 Å². The molecule has 0 N–H and O–H groups in total. The minimum absolute atomic E-state index is 0.000453. The van der Waals surface area contributed by atoms with Crippen LogP contribution in [0.3, 0.4) is 0 Å². The SMILES string of the molecule is Cc1ccc(CN2CCC3(CC2)C[C@H](OCC(=O)N(C)C)CO3)o1. The van der Waals surface area contributed by atoms with Gasteiger partial charge in [-0.15, -0.1) is 0 Å². The predicted molar refractivity (Wildman–Crippen MR) is 89.7 cm³/mol. The van der Waals surface area contributed by atoms with Gasteiger partial charge in [-0.05, 0) is 31.9 Å². The summed E-state index contributed by atoms with van der Waals surface area (Å²) < 4.78 is 17.5. The van der Waals surface area contributed by atoms with Crippen molar-refractivity contribution < 1.29 is 18.7 Å². The molecular weight excluding hydrogens is 308 g/mol. The van der Waals surface area contributed by atoms with E-state index in [0.29, 0.717) is 6.61 Å². The van der Waals surface area contributed by atoms with Crippen molar-refractivity contribution in [2.75, 3.05) is 40.4 Å². The molecule has 1 amide bonds. The first kappa shape index (κ1) is 17.5. The molecule has 6 heteroatoms. The Morgan fingerprint density at radius 3 is 2.75 bits per heavy atom. The van der Waals surface area contributed by atoms with Crippen molar-refractivity contribution >= 4 is 5.91 Å². The monoisotopic (exact) mass is 336 g/mol. The van der Waals surface area contributed by atoms with E-state index in [1.54, 1.807) is 19.0 Å². The third-order valence-corrected chi connectivity index (χ3v) is 5.06. The van der Waals surface area contributed by atoms with Crippen LogP contribution < -0.4 is 0 Å². The van der Waals surface area contributed by atoms with E-state index in [9.17, 15) is 4.79 Å². The smallest absolute Gasteiger partial charge is 0.248 e. The number of likely N-dealkylation sites (tertiary alicyclic amines) is 1. The summed E-state index contributed by atoms with van der Waals surface area (Å²) in [4.78, 5) is 15.6. The molecule has 2 fully saturated rings. The lowest BCUT2D eigenvalue weighted by Crippen LogP contribution is -2.44. The molecule has 0 unspecified atom stereocenters. The van der Waals surface area contributed by atoms with E-state index in [1.165, 1.54) is 0 Å². The van der Waals surface area contributed by atoms with Gasteiger partial charge in [0.05, 0.1) is 24.9 Å². The Kier molecular flexibility index (Phi) is 5.27. The number of amides is 1. The Morgan fingerprint density at radius 1 is 1.38 bits per heavy atom. The van der Waals surface area contributed by atoms with Crippen LogP contribution in [0.5, 0.6) is 0 Å². The minimum Gasteiger partial charge on any atom is -0.465 e. The number of carbonyl (C=O) groups excluding carboxylic acids is 1. The number of rotatable bonds is 5. The minimum atomic E-state index is -0.0680. The van der Waals surface area contributed by atoms with Crippen molar-refractivity contribution in [3.63, 3.8) is 0 Å². The van der Waals surface area contributed by atoms with Crippen LogP contribution in [-0.2, 0) is 20.8 Å². The zero-order valence-electron chi connectivity index (χ0n) is 14.9. The molecule has 1 spiro atoms. The second-order valence-electron chi connectivity index (χ2n) is 7.21. The van der Waals surface area contributed by atoms with E-state index in [0.717, 1.165) is 50.4 Å². The molecule has 6 nitrogen and oxygen atoms in total. The zero-order valence-corrected chi connectivity index (χ0v) is 14.9. The lowest BCUT2D eigenvalue weighted by atomic mass is 9.88. The van der Waals surface area contributed by atoms with Gasteiger partial charge in [-0.1, -0.05) is 0 Å². The second-order valence-corrected chi connectivity index (χ2v) is 7.21. The lowest BCUT2D eigenvalue weighted by molar-refractivity contribution is -0.135. The summed E-state index contributed by atoms with van der Waals surface area (Å²) in [6.07, 6.45) is 2.94. The number of ether oxygens (including phenoxy) is 2. The fourth-order valence-corrected chi connectivity index (χ4v) is 3.49. The third-order valence-electron chi connectivity index (χ3n) is 5.06. The summed E-state index contributed by atoms with van der Waals surface area (Å²) in [5.74, 6) is 1.99. The van der Waals surface area contributed by atoms with E-state index in [-0.39, 0.29) is 24.2 Å². The van der Waals surface area contributed by atoms with Crippen LogP contribution in [-0.4, -0.2) is 67.8 Å². The number of aryl methyl sites for hydroxylation is 1. The molecule has 0 aliphatic carbocycles. The molecule has 1 aromatic rings. The maximum Gasteiger partial charge on any atom is 0.248 e. The van der Waals surface area contributed by atoms with Crippen molar-refractivity contribution in [2.24, 2.45) is 0 Å². The Hall–Kier alpha value is -1.37. The normalized spacial score (nSPS) is 23.7. The third kappa shape index (κ3) is 4.18. The molecule has 3 rings (SSSR count). The number of piperidine rings is 1. The van der Waals surface area contributed by atoms with Gasteiger partial charge in [0.1, 0.15) is 18.1 Å². The highest BCUT2D eigenvalue weighted by Crippen LogP contribution is 2.37. The van der Waals surface area contributed by atoms with E-state index in [4.69, 9.17) is 13.9 Å². The van der Waals surface area contributed by atoms with Crippen LogP contribution in [0.2, 0.25) is 0 Å². The number of likely N-dealkylation sites (N-methyl/N-ethyl adjacent to an activating group) is 1. The van der Waals surface area contributed by atoms with Crippen molar-refractivity contribution in [3.05, 3.63) is 23.7 Å². The van der Waals surface area contributed by atoms with Gasteiger partial charge in [0.15, 0.2) is 0 Å². The van der Waals surface area contributed by atoms with E-state index in [2.05, 4.69) is 11.0 Å². The fourth-order valence-electron chi connectivity index (χ4n) is 3.49. The summed E-state index contributed by atoms with van der Waals surface area (Å²) >= 11 is 0. The highest BCUT2D eigenvalue weighted by atomic mass is 16.6. The highest BCUT2D eigenvalue weighted by molar-refractivity contribution is 5.76. The lowest BCUT2D eigenvalue weighted by Gasteiger charge is -2.38. The first-order valence-corrected chi connectivity index (χ1v) is 8.69. The van der Waals surface area contributed by atoms with Gasteiger partial charge in [0.2, 0.25) is 5.91 Å². The summed E-state index contributed by atoms with van der Waals surface area (Å²) in [5, 5.41) is 0. The number of hydrogen-bond donors (Lipinski definition) is 0. The summed E-state index contributed by atoms with van der Waals surface area (Å²) in [5.41, 5.74) is -0.0680. The molecule has 2 aliphatic rings. The Balaban J connectivity index is 1.43. The molecule has 134 valence electrons. The number of nitrogens with zero attached hydrogens (tertiary/aromatic N) is 2. The van der Waals surface area contributed by atoms with Gasteiger partial charge < -0.3 is 18.8 Å². The summed E-state index contributed by atoms with van der Waals surface area (Å²) in [6, 6.07) is 4.06. The Bertz CT molecular complexity index is 561. The van der Waals surface area contributed by atoms with E-state index >= 15 is 0 Å². The van der Waals surface area contributed by atoms with Gasteiger partial charge in [-0.3, -0.25) is 9.69 Å². The quantitative estimate of drug-likeness (QED) is 0.821. The molecule has 3 heterocycles. The van der Waals surface area contributed by atoms with Crippen LogP contribution >= 0.6 is 0 Å². The highest BCUT2D eigenvalue weighted by Gasteiger charge is 2.43. The van der Waals surface area contributed by atoms with Crippen molar-refractivity contribution in [3.8, 4) is 0 Å². The summed E-state index contributed by atoms with van der Waals surface area (Å²) in [7, 11) is 3.49. The summed E-state index contributed by atoms with van der Waals surface area (Å²) in [6.45, 7) is 5.58. The molecular formula is C18H28N2O4. The average molecular weight is 336 g/mol. The van der Waals surface area contributed by atoms with Crippen molar-refractivity contribution in [1.82, 2.24) is 9.80 Å². The van der Waals surface area contributed by atoms with Crippen LogP contribution in [0.15, 0.2) is 16.5 Å². The number of carbonyl (C=O) groups is 1. The number of furan rings is 1.